The van der Waals surface area contributed by atoms with Crippen LogP contribution in [0.3, 0.4) is 0 Å². The van der Waals surface area contributed by atoms with Crippen molar-refractivity contribution >= 4 is 0 Å². The molecule has 2 atom stereocenters. The topological polar surface area (TPSA) is 15.3 Å². The highest BCUT2D eigenvalue weighted by atomic mass is 15.2. The van der Waals surface area contributed by atoms with E-state index < -0.39 is 0 Å². The maximum absolute atomic E-state index is 3.65. The van der Waals surface area contributed by atoms with Crippen LogP contribution in [0.1, 0.15) is 73.6 Å². The zero-order valence-corrected chi connectivity index (χ0v) is 15.7. The quantitative estimate of drug-likeness (QED) is 0.707. The molecular weight excluding hydrogens is 256 g/mol. The van der Waals surface area contributed by atoms with Crippen LogP contribution in [0.15, 0.2) is 0 Å². The summed E-state index contributed by atoms with van der Waals surface area (Å²) < 4.78 is 0. The Bertz CT molecular complexity index is 281. The molecule has 1 aliphatic carbocycles. The molecule has 1 rings (SSSR count). The molecule has 1 fully saturated rings. The van der Waals surface area contributed by atoms with Crippen molar-refractivity contribution < 1.29 is 0 Å². The van der Waals surface area contributed by atoms with E-state index in [0.717, 1.165) is 17.9 Å². The van der Waals surface area contributed by atoms with Crippen LogP contribution in [0, 0.1) is 17.3 Å². The second-order valence-corrected chi connectivity index (χ2v) is 8.23. The molecule has 21 heavy (non-hydrogen) atoms. The molecule has 0 bridgehead atoms. The first-order chi connectivity index (χ1) is 9.85. The highest BCUT2D eigenvalue weighted by molar-refractivity contribution is 4.94. The minimum atomic E-state index is 0.440. The molecule has 2 unspecified atom stereocenters. The average molecular weight is 297 g/mol. The van der Waals surface area contributed by atoms with Gasteiger partial charge in [-0.1, -0.05) is 48.0 Å². The molecular formula is C19H40N2. The Morgan fingerprint density at radius 1 is 1.19 bits per heavy atom. The van der Waals surface area contributed by atoms with Crippen molar-refractivity contribution in [1.29, 1.82) is 0 Å². The van der Waals surface area contributed by atoms with Crippen LogP contribution in [0.5, 0.6) is 0 Å². The van der Waals surface area contributed by atoms with Crippen LogP contribution in [-0.2, 0) is 0 Å². The van der Waals surface area contributed by atoms with Gasteiger partial charge < -0.3 is 5.32 Å². The summed E-state index contributed by atoms with van der Waals surface area (Å²) in [5.41, 5.74) is 0.440. The summed E-state index contributed by atoms with van der Waals surface area (Å²) >= 11 is 0. The molecule has 2 nitrogen and oxygen atoms in total. The molecule has 0 aromatic heterocycles. The lowest BCUT2D eigenvalue weighted by Gasteiger charge is -2.46. The molecule has 0 aliphatic heterocycles. The van der Waals surface area contributed by atoms with E-state index in [0.29, 0.717) is 11.5 Å². The predicted molar refractivity (Wildman–Crippen MR) is 94.8 cm³/mol. The Hall–Kier alpha value is -0.0800. The number of nitrogens with zero attached hydrogens (tertiary/aromatic N) is 1. The van der Waals surface area contributed by atoms with Gasteiger partial charge in [0.2, 0.25) is 0 Å². The van der Waals surface area contributed by atoms with Gasteiger partial charge >= 0.3 is 0 Å². The van der Waals surface area contributed by atoms with Crippen molar-refractivity contribution in [2.45, 2.75) is 85.7 Å². The van der Waals surface area contributed by atoms with Crippen LogP contribution in [0.25, 0.3) is 0 Å². The average Bonchev–Trinajstić information content (AvgIpc) is 2.38. The lowest BCUT2D eigenvalue weighted by molar-refractivity contribution is 0.0608. The summed E-state index contributed by atoms with van der Waals surface area (Å²) in [4.78, 5) is 2.79. The third-order valence-corrected chi connectivity index (χ3v) is 5.55. The molecule has 0 aromatic carbocycles. The molecule has 0 amide bonds. The van der Waals surface area contributed by atoms with E-state index in [9.17, 15) is 0 Å². The summed E-state index contributed by atoms with van der Waals surface area (Å²) in [7, 11) is 2.16. The molecule has 1 saturated carbocycles. The second-order valence-electron chi connectivity index (χ2n) is 8.23. The van der Waals surface area contributed by atoms with Crippen molar-refractivity contribution in [2.75, 3.05) is 20.1 Å². The zero-order chi connectivity index (χ0) is 16.0. The largest absolute Gasteiger partial charge is 0.316 e. The summed E-state index contributed by atoms with van der Waals surface area (Å²) in [6.07, 6.45) is 6.72. The van der Waals surface area contributed by atoms with E-state index in [2.05, 4.69) is 58.8 Å². The Morgan fingerprint density at radius 3 is 2.29 bits per heavy atom. The molecule has 0 radical (unpaired) electrons. The lowest BCUT2D eigenvalue weighted by Crippen LogP contribution is -2.53. The minimum Gasteiger partial charge on any atom is -0.316 e. The number of nitrogens with one attached hydrogen (secondary N) is 1. The predicted octanol–water partition coefficient (Wildman–Crippen LogP) is 4.55. The van der Waals surface area contributed by atoms with Crippen LogP contribution >= 0.6 is 0 Å². The van der Waals surface area contributed by atoms with Crippen molar-refractivity contribution in [3.8, 4) is 0 Å². The first-order valence-corrected chi connectivity index (χ1v) is 9.27. The molecule has 1 aliphatic rings. The Labute approximate surface area is 134 Å². The third kappa shape index (κ3) is 5.25. The van der Waals surface area contributed by atoms with Gasteiger partial charge in [0.15, 0.2) is 0 Å². The zero-order valence-electron chi connectivity index (χ0n) is 15.7. The summed E-state index contributed by atoms with van der Waals surface area (Å²) in [6, 6.07) is 1.42. The van der Waals surface area contributed by atoms with Gasteiger partial charge in [-0.15, -0.1) is 0 Å². The van der Waals surface area contributed by atoms with Gasteiger partial charge in [0.05, 0.1) is 0 Å². The van der Waals surface area contributed by atoms with Gasteiger partial charge in [0.25, 0.3) is 0 Å². The van der Waals surface area contributed by atoms with Crippen molar-refractivity contribution in [2.24, 2.45) is 17.3 Å². The highest BCUT2D eigenvalue weighted by Crippen LogP contribution is 2.39. The van der Waals surface area contributed by atoms with Gasteiger partial charge in [0.1, 0.15) is 0 Å². The van der Waals surface area contributed by atoms with Gasteiger partial charge in [-0.3, -0.25) is 4.90 Å². The summed E-state index contributed by atoms with van der Waals surface area (Å²) in [6.45, 7) is 16.8. The first kappa shape index (κ1) is 19.0. The van der Waals surface area contributed by atoms with Crippen LogP contribution in [-0.4, -0.2) is 37.1 Å². The fourth-order valence-corrected chi connectivity index (χ4v) is 4.55. The molecule has 2 heteroatoms. The van der Waals surface area contributed by atoms with E-state index in [4.69, 9.17) is 0 Å². The van der Waals surface area contributed by atoms with Gasteiger partial charge in [-0.2, -0.15) is 0 Å². The highest BCUT2D eigenvalue weighted by Gasteiger charge is 2.39. The van der Waals surface area contributed by atoms with E-state index in [-0.39, 0.29) is 0 Å². The fraction of sp³-hybridized carbons (Fsp3) is 1.00. The van der Waals surface area contributed by atoms with E-state index >= 15 is 0 Å². The normalized spacial score (nSPS) is 26.0. The number of rotatable bonds is 8. The van der Waals surface area contributed by atoms with E-state index in [1.807, 2.05) is 0 Å². The van der Waals surface area contributed by atoms with E-state index in [1.165, 1.54) is 45.2 Å². The Morgan fingerprint density at radius 2 is 1.81 bits per heavy atom. The van der Waals surface area contributed by atoms with Crippen LogP contribution in [0.2, 0.25) is 0 Å². The van der Waals surface area contributed by atoms with Gasteiger partial charge in [0, 0.05) is 25.2 Å². The Kier molecular flexibility index (Phi) is 7.70. The molecule has 0 aromatic rings. The smallest absolute Gasteiger partial charge is 0.0156 e. The number of hydrogen-bond acceptors (Lipinski definition) is 2. The van der Waals surface area contributed by atoms with E-state index in [1.54, 1.807) is 0 Å². The van der Waals surface area contributed by atoms with Crippen molar-refractivity contribution in [3.63, 3.8) is 0 Å². The van der Waals surface area contributed by atoms with Crippen molar-refractivity contribution in [3.05, 3.63) is 0 Å². The molecule has 126 valence electrons. The SMILES string of the molecule is CCC(CC)N(CC(C)C)CC1CCCC(C)(C)C1NC. The van der Waals surface area contributed by atoms with Crippen LogP contribution < -0.4 is 5.32 Å². The fourth-order valence-electron chi connectivity index (χ4n) is 4.55. The van der Waals surface area contributed by atoms with Crippen LogP contribution in [0.4, 0.5) is 0 Å². The van der Waals surface area contributed by atoms with Gasteiger partial charge in [-0.05, 0) is 50.0 Å². The molecule has 1 N–H and O–H groups in total. The maximum Gasteiger partial charge on any atom is 0.0156 e. The monoisotopic (exact) mass is 296 g/mol. The standard InChI is InChI=1S/C19H40N2/c1-8-17(9-2)21(13-15(3)4)14-16-11-10-12-19(5,6)18(16)20-7/h15-18,20H,8-14H2,1-7H3. The first-order valence-electron chi connectivity index (χ1n) is 9.27. The molecule has 0 spiro atoms. The van der Waals surface area contributed by atoms with Gasteiger partial charge in [-0.25, -0.2) is 0 Å². The molecule has 0 saturated heterocycles. The third-order valence-electron chi connectivity index (χ3n) is 5.55. The maximum atomic E-state index is 3.65. The summed E-state index contributed by atoms with van der Waals surface area (Å²) in [5, 5.41) is 3.65. The lowest BCUT2D eigenvalue weighted by atomic mass is 9.67. The number of hydrogen-bond donors (Lipinski definition) is 1. The Balaban J connectivity index is 2.80. The minimum absolute atomic E-state index is 0.440. The van der Waals surface area contributed by atoms with Crippen molar-refractivity contribution in [1.82, 2.24) is 10.2 Å². The second kappa shape index (κ2) is 8.53. The molecule has 0 heterocycles. The summed E-state index contributed by atoms with van der Waals surface area (Å²) in [5.74, 6) is 1.56.